The maximum absolute atomic E-state index is 13.5. The molecule has 0 spiro atoms. The molecular formula is C14H20BrCl2FN2. The predicted molar refractivity (Wildman–Crippen MR) is 90.6 cm³/mol. The summed E-state index contributed by atoms with van der Waals surface area (Å²) in [4.78, 5) is 2.39. The summed E-state index contributed by atoms with van der Waals surface area (Å²) in [5.41, 5.74) is 1.02. The molecule has 0 amide bonds. The van der Waals surface area contributed by atoms with Crippen LogP contribution in [0.3, 0.4) is 0 Å². The Morgan fingerprint density at radius 2 is 1.95 bits per heavy atom. The third-order valence-corrected chi connectivity index (χ3v) is 3.71. The molecule has 1 aromatic rings. The molecule has 0 unspecified atom stereocenters. The summed E-state index contributed by atoms with van der Waals surface area (Å²) >= 11 is 3.36. The van der Waals surface area contributed by atoms with Gasteiger partial charge >= 0.3 is 0 Å². The molecule has 0 aromatic heterocycles. The lowest BCUT2D eigenvalue weighted by Crippen LogP contribution is -2.45. The third kappa shape index (κ3) is 5.34. The van der Waals surface area contributed by atoms with Crippen LogP contribution in [0.15, 0.2) is 35.3 Å². The standard InChI is InChI=1S/C14H18BrFN2.2ClH/c1-2-3-14(18-6-4-17-5-7-18)11-8-12(15)10-13(16)9-11;;/h2,8-10,14,17H,1,3-7H2;2*1H/t14-;;/m1../s1. The van der Waals surface area contributed by atoms with Gasteiger partial charge in [0, 0.05) is 36.7 Å². The van der Waals surface area contributed by atoms with E-state index in [1.807, 2.05) is 12.1 Å². The summed E-state index contributed by atoms with van der Waals surface area (Å²) in [7, 11) is 0. The normalized spacial score (nSPS) is 16.7. The monoisotopic (exact) mass is 384 g/mol. The van der Waals surface area contributed by atoms with Crippen molar-refractivity contribution in [1.82, 2.24) is 10.2 Å². The van der Waals surface area contributed by atoms with Gasteiger partial charge in [-0.05, 0) is 30.2 Å². The Balaban J connectivity index is 0.00000180. The quantitative estimate of drug-likeness (QED) is 0.789. The van der Waals surface area contributed by atoms with Crippen molar-refractivity contribution in [2.45, 2.75) is 12.5 Å². The van der Waals surface area contributed by atoms with Gasteiger partial charge in [-0.1, -0.05) is 22.0 Å². The van der Waals surface area contributed by atoms with E-state index in [0.29, 0.717) is 0 Å². The molecule has 1 fully saturated rings. The summed E-state index contributed by atoms with van der Waals surface area (Å²) < 4.78 is 14.3. The summed E-state index contributed by atoms with van der Waals surface area (Å²) in [6, 6.07) is 5.34. The molecule has 0 bridgehead atoms. The van der Waals surface area contributed by atoms with Gasteiger partial charge in [-0.3, -0.25) is 4.90 Å². The van der Waals surface area contributed by atoms with Crippen LogP contribution in [0.2, 0.25) is 0 Å². The average molecular weight is 386 g/mol. The topological polar surface area (TPSA) is 15.3 Å². The molecule has 1 atom stereocenters. The highest BCUT2D eigenvalue weighted by Crippen LogP contribution is 2.28. The molecule has 6 heteroatoms. The Labute approximate surface area is 140 Å². The minimum atomic E-state index is -0.191. The van der Waals surface area contributed by atoms with E-state index < -0.39 is 0 Å². The van der Waals surface area contributed by atoms with Crippen molar-refractivity contribution in [3.05, 3.63) is 46.7 Å². The van der Waals surface area contributed by atoms with Gasteiger partial charge in [0.2, 0.25) is 0 Å². The van der Waals surface area contributed by atoms with Crippen LogP contribution < -0.4 is 5.32 Å². The molecule has 114 valence electrons. The van der Waals surface area contributed by atoms with Gasteiger partial charge < -0.3 is 5.32 Å². The molecule has 0 radical (unpaired) electrons. The summed E-state index contributed by atoms with van der Waals surface area (Å²) in [5.74, 6) is -0.191. The van der Waals surface area contributed by atoms with Crippen molar-refractivity contribution in [3.63, 3.8) is 0 Å². The van der Waals surface area contributed by atoms with Gasteiger partial charge in [0.1, 0.15) is 5.82 Å². The van der Waals surface area contributed by atoms with E-state index in [9.17, 15) is 4.39 Å². The van der Waals surface area contributed by atoms with Crippen LogP contribution >= 0.6 is 40.7 Å². The van der Waals surface area contributed by atoms with Gasteiger partial charge in [-0.2, -0.15) is 0 Å². The second kappa shape index (κ2) is 9.74. The molecular weight excluding hydrogens is 366 g/mol. The second-order valence-electron chi connectivity index (χ2n) is 4.53. The van der Waals surface area contributed by atoms with Crippen LogP contribution in [-0.4, -0.2) is 31.1 Å². The van der Waals surface area contributed by atoms with Crippen LogP contribution in [0.5, 0.6) is 0 Å². The fraction of sp³-hybridized carbons (Fsp3) is 0.429. The van der Waals surface area contributed by atoms with E-state index in [2.05, 4.69) is 32.7 Å². The van der Waals surface area contributed by atoms with Crippen molar-refractivity contribution < 1.29 is 4.39 Å². The molecule has 1 N–H and O–H groups in total. The van der Waals surface area contributed by atoms with Crippen LogP contribution in [-0.2, 0) is 0 Å². The molecule has 0 saturated carbocycles. The maximum Gasteiger partial charge on any atom is 0.124 e. The lowest BCUT2D eigenvalue weighted by atomic mass is 10.0. The minimum absolute atomic E-state index is 0. The SMILES string of the molecule is C=CC[C@H](c1cc(F)cc(Br)c1)N1CCNCC1.Cl.Cl. The van der Waals surface area contributed by atoms with Crippen LogP contribution in [0, 0.1) is 5.82 Å². The van der Waals surface area contributed by atoms with Gasteiger partial charge in [-0.15, -0.1) is 31.4 Å². The van der Waals surface area contributed by atoms with Crippen molar-refractivity contribution >= 4 is 40.7 Å². The largest absolute Gasteiger partial charge is 0.314 e. The smallest absolute Gasteiger partial charge is 0.124 e. The Bertz CT molecular complexity index is 405. The van der Waals surface area contributed by atoms with Gasteiger partial charge in [0.05, 0.1) is 0 Å². The lowest BCUT2D eigenvalue weighted by Gasteiger charge is -2.34. The molecule has 1 heterocycles. The van der Waals surface area contributed by atoms with Crippen molar-refractivity contribution in [3.8, 4) is 0 Å². The van der Waals surface area contributed by atoms with E-state index >= 15 is 0 Å². The first-order chi connectivity index (χ1) is 8.70. The lowest BCUT2D eigenvalue weighted by molar-refractivity contribution is 0.174. The Hall–Kier alpha value is -0.130. The Morgan fingerprint density at radius 3 is 2.50 bits per heavy atom. The number of nitrogens with one attached hydrogen (secondary N) is 1. The van der Waals surface area contributed by atoms with E-state index in [-0.39, 0.29) is 36.7 Å². The average Bonchev–Trinajstić information content (AvgIpc) is 2.36. The fourth-order valence-corrected chi connectivity index (χ4v) is 2.90. The van der Waals surface area contributed by atoms with Crippen molar-refractivity contribution in [2.75, 3.05) is 26.2 Å². The number of nitrogens with zero attached hydrogens (tertiary/aromatic N) is 1. The first kappa shape index (κ1) is 19.9. The van der Waals surface area contributed by atoms with E-state index in [4.69, 9.17) is 0 Å². The molecule has 1 aliphatic rings. The van der Waals surface area contributed by atoms with E-state index in [1.54, 1.807) is 6.07 Å². The zero-order valence-electron chi connectivity index (χ0n) is 11.1. The molecule has 1 aliphatic heterocycles. The Kier molecular flexibility index (Phi) is 9.68. The molecule has 1 saturated heterocycles. The Morgan fingerprint density at radius 1 is 1.30 bits per heavy atom. The highest BCUT2D eigenvalue weighted by atomic mass is 79.9. The van der Waals surface area contributed by atoms with Gasteiger partial charge in [0.15, 0.2) is 0 Å². The highest BCUT2D eigenvalue weighted by Gasteiger charge is 2.21. The van der Waals surface area contributed by atoms with Gasteiger partial charge in [-0.25, -0.2) is 4.39 Å². The molecule has 1 aromatic carbocycles. The first-order valence-corrected chi connectivity index (χ1v) is 7.01. The molecule has 20 heavy (non-hydrogen) atoms. The number of halogens is 4. The van der Waals surface area contributed by atoms with Crippen LogP contribution in [0.25, 0.3) is 0 Å². The molecule has 2 rings (SSSR count). The number of hydrogen-bond donors (Lipinski definition) is 1. The third-order valence-electron chi connectivity index (χ3n) is 3.25. The zero-order chi connectivity index (χ0) is 13.0. The fourth-order valence-electron chi connectivity index (χ4n) is 2.42. The second-order valence-corrected chi connectivity index (χ2v) is 5.44. The molecule has 0 aliphatic carbocycles. The van der Waals surface area contributed by atoms with E-state index in [1.165, 1.54) is 6.07 Å². The highest BCUT2D eigenvalue weighted by molar-refractivity contribution is 9.10. The number of rotatable bonds is 4. The van der Waals surface area contributed by atoms with Gasteiger partial charge in [0.25, 0.3) is 0 Å². The summed E-state index contributed by atoms with van der Waals surface area (Å²) in [6.07, 6.45) is 2.75. The first-order valence-electron chi connectivity index (χ1n) is 6.22. The molecule has 2 nitrogen and oxygen atoms in total. The van der Waals surface area contributed by atoms with Crippen LogP contribution in [0.1, 0.15) is 18.0 Å². The van der Waals surface area contributed by atoms with Crippen molar-refractivity contribution in [2.24, 2.45) is 0 Å². The predicted octanol–water partition coefficient (Wildman–Crippen LogP) is 3.95. The van der Waals surface area contributed by atoms with Crippen molar-refractivity contribution in [1.29, 1.82) is 0 Å². The summed E-state index contributed by atoms with van der Waals surface area (Å²) in [5, 5.41) is 3.34. The summed E-state index contributed by atoms with van der Waals surface area (Å²) in [6.45, 7) is 7.78. The van der Waals surface area contributed by atoms with Crippen LogP contribution in [0.4, 0.5) is 4.39 Å². The zero-order valence-corrected chi connectivity index (χ0v) is 14.4. The maximum atomic E-state index is 13.5. The minimum Gasteiger partial charge on any atom is -0.314 e. The van der Waals surface area contributed by atoms with E-state index in [0.717, 1.165) is 42.6 Å². The number of piperazine rings is 1. The number of benzene rings is 1. The number of hydrogen-bond acceptors (Lipinski definition) is 2.